The first-order valence-electron chi connectivity index (χ1n) is 5.69. The minimum atomic E-state index is -0.844. The molecule has 2 amide bonds. The number of anilines is 2. The number of carbonyl (C=O) groups excluding carboxylic acids is 2. The predicted octanol–water partition coefficient (Wildman–Crippen LogP) is 3.57. The number of amides is 2. The lowest BCUT2D eigenvalue weighted by Gasteiger charge is -2.09. The van der Waals surface area contributed by atoms with Gasteiger partial charge in [-0.25, -0.2) is 0 Å². The van der Waals surface area contributed by atoms with Gasteiger partial charge in [0.15, 0.2) is 0 Å². The minimum absolute atomic E-state index is 0.212. The van der Waals surface area contributed by atoms with E-state index < -0.39 is 11.8 Å². The Balaban J connectivity index is 2.07. The van der Waals surface area contributed by atoms with E-state index in [4.69, 9.17) is 23.2 Å². The summed E-state index contributed by atoms with van der Waals surface area (Å²) >= 11 is 11.8. The Labute approximate surface area is 125 Å². The number of para-hydroxylation sites is 2. The fourth-order valence-electron chi connectivity index (χ4n) is 1.50. The van der Waals surface area contributed by atoms with Crippen molar-refractivity contribution < 1.29 is 9.59 Å². The topological polar surface area (TPSA) is 58.2 Å². The zero-order chi connectivity index (χ0) is 14.5. The van der Waals surface area contributed by atoms with Gasteiger partial charge in [0, 0.05) is 5.69 Å². The monoisotopic (exact) mass is 308 g/mol. The number of benzene rings is 2. The number of hydrogen-bond acceptors (Lipinski definition) is 2. The molecule has 2 rings (SSSR count). The largest absolute Gasteiger partial charge is 0.318 e. The van der Waals surface area contributed by atoms with Crippen molar-refractivity contribution in [3.05, 3.63) is 58.6 Å². The third-order valence-corrected chi connectivity index (χ3v) is 3.07. The number of nitrogens with one attached hydrogen (secondary N) is 2. The van der Waals surface area contributed by atoms with Crippen LogP contribution in [0.15, 0.2) is 48.5 Å². The molecule has 2 aromatic rings. The second-order valence-electron chi connectivity index (χ2n) is 3.87. The van der Waals surface area contributed by atoms with Crippen LogP contribution in [0.4, 0.5) is 11.4 Å². The normalized spacial score (nSPS) is 9.90. The number of rotatable bonds is 2. The van der Waals surface area contributed by atoms with Crippen LogP contribution >= 0.6 is 23.2 Å². The Morgan fingerprint density at radius 3 is 1.90 bits per heavy atom. The molecule has 0 bridgehead atoms. The molecule has 0 unspecified atom stereocenters. The Hall–Kier alpha value is -2.04. The van der Waals surface area contributed by atoms with Gasteiger partial charge in [-0.1, -0.05) is 47.5 Å². The Kier molecular flexibility index (Phi) is 4.61. The van der Waals surface area contributed by atoms with Crippen LogP contribution in [-0.2, 0) is 9.59 Å². The average molecular weight is 309 g/mol. The highest BCUT2D eigenvalue weighted by Crippen LogP contribution is 2.29. The average Bonchev–Trinajstić information content (AvgIpc) is 2.44. The lowest BCUT2D eigenvalue weighted by atomic mass is 10.3. The second-order valence-corrected chi connectivity index (χ2v) is 4.69. The molecule has 0 atom stereocenters. The van der Waals surface area contributed by atoms with Gasteiger partial charge in [-0.15, -0.1) is 0 Å². The van der Waals surface area contributed by atoms with Crippen LogP contribution in [0.1, 0.15) is 0 Å². The summed E-state index contributed by atoms with van der Waals surface area (Å²) in [7, 11) is 0. The summed E-state index contributed by atoms with van der Waals surface area (Å²) in [5, 5.41) is 5.37. The summed E-state index contributed by atoms with van der Waals surface area (Å²) in [5.41, 5.74) is 0.738. The molecule has 0 saturated heterocycles. The van der Waals surface area contributed by atoms with E-state index in [9.17, 15) is 9.59 Å². The number of hydrogen-bond donors (Lipinski definition) is 2. The minimum Gasteiger partial charge on any atom is -0.318 e. The molecule has 0 radical (unpaired) electrons. The summed E-state index contributed by atoms with van der Waals surface area (Å²) in [6, 6.07) is 13.4. The van der Waals surface area contributed by atoms with Crippen molar-refractivity contribution in [2.24, 2.45) is 0 Å². The molecule has 0 aliphatic rings. The Bertz CT molecular complexity index is 625. The van der Waals surface area contributed by atoms with Gasteiger partial charge in [-0.05, 0) is 24.3 Å². The molecule has 20 heavy (non-hydrogen) atoms. The van der Waals surface area contributed by atoms with Crippen molar-refractivity contribution in [1.29, 1.82) is 0 Å². The van der Waals surface area contributed by atoms with Crippen LogP contribution in [0.2, 0.25) is 10.0 Å². The predicted molar refractivity (Wildman–Crippen MR) is 80.2 cm³/mol. The van der Waals surface area contributed by atoms with Gasteiger partial charge in [0.25, 0.3) is 0 Å². The molecule has 0 aliphatic heterocycles. The highest BCUT2D eigenvalue weighted by atomic mass is 35.5. The molecule has 102 valence electrons. The zero-order valence-corrected chi connectivity index (χ0v) is 11.7. The maximum Gasteiger partial charge on any atom is 0.314 e. The van der Waals surface area contributed by atoms with Gasteiger partial charge >= 0.3 is 11.8 Å². The SMILES string of the molecule is O=C(Nc1ccccc1)C(=O)Nc1c(Cl)cccc1Cl. The first kappa shape index (κ1) is 14.4. The van der Waals surface area contributed by atoms with Crippen molar-refractivity contribution >= 4 is 46.4 Å². The zero-order valence-electron chi connectivity index (χ0n) is 10.2. The standard InChI is InChI=1S/C14H10Cl2N2O2/c15-10-7-4-8-11(16)12(10)18-14(20)13(19)17-9-5-2-1-3-6-9/h1-8H,(H,17,19)(H,18,20). The van der Waals surface area contributed by atoms with Crippen LogP contribution in [0.5, 0.6) is 0 Å². The first-order chi connectivity index (χ1) is 9.58. The summed E-state index contributed by atoms with van der Waals surface area (Å²) in [6.45, 7) is 0. The van der Waals surface area contributed by atoms with Crippen LogP contribution in [-0.4, -0.2) is 11.8 Å². The van der Waals surface area contributed by atoms with E-state index in [0.29, 0.717) is 5.69 Å². The maximum absolute atomic E-state index is 11.8. The highest BCUT2D eigenvalue weighted by Gasteiger charge is 2.16. The fraction of sp³-hybridized carbons (Fsp3) is 0. The quantitative estimate of drug-likeness (QED) is 0.833. The van der Waals surface area contributed by atoms with E-state index in [1.165, 1.54) is 0 Å². The van der Waals surface area contributed by atoms with E-state index in [2.05, 4.69) is 10.6 Å². The smallest absolute Gasteiger partial charge is 0.314 e. The van der Waals surface area contributed by atoms with Crippen molar-refractivity contribution in [2.45, 2.75) is 0 Å². The van der Waals surface area contributed by atoms with Crippen molar-refractivity contribution in [3.8, 4) is 0 Å². The molecule has 2 N–H and O–H groups in total. The van der Waals surface area contributed by atoms with Crippen LogP contribution in [0.3, 0.4) is 0 Å². The molecule has 0 fully saturated rings. The summed E-state index contributed by atoms with van der Waals surface area (Å²) < 4.78 is 0. The van der Waals surface area contributed by atoms with Gasteiger partial charge in [0.1, 0.15) is 0 Å². The molecule has 0 aromatic heterocycles. The van der Waals surface area contributed by atoms with E-state index in [-0.39, 0.29) is 15.7 Å². The molecular formula is C14H10Cl2N2O2. The third kappa shape index (κ3) is 3.50. The molecule has 4 nitrogen and oxygen atoms in total. The second kappa shape index (κ2) is 6.41. The fourth-order valence-corrected chi connectivity index (χ4v) is 1.99. The lowest BCUT2D eigenvalue weighted by Crippen LogP contribution is -2.29. The van der Waals surface area contributed by atoms with Gasteiger partial charge in [-0.3, -0.25) is 9.59 Å². The summed E-state index contributed by atoms with van der Waals surface area (Å²) in [6.07, 6.45) is 0. The van der Waals surface area contributed by atoms with Crippen LogP contribution in [0, 0.1) is 0 Å². The van der Waals surface area contributed by atoms with Crippen molar-refractivity contribution in [3.63, 3.8) is 0 Å². The van der Waals surface area contributed by atoms with Crippen molar-refractivity contribution in [1.82, 2.24) is 0 Å². The van der Waals surface area contributed by atoms with Crippen LogP contribution in [0.25, 0.3) is 0 Å². The van der Waals surface area contributed by atoms with Crippen LogP contribution < -0.4 is 10.6 Å². The molecule has 0 spiro atoms. The summed E-state index contributed by atoms with van der Waals surface area (Å²) in [4.78, 5) is 23.5. The van der Waals surface area contributed by atoms with Gasteiger partial charge in [0.05, 0.1) is 15.7 Å². The summed E-state index contributed by atoms with van der Waals surface area (Å²) in [5.74, 6) is -1.64. The molecule has 0 aliphatic carbocycles. The van der Waals surface area contributed by atoms with E-state index in [0.717, 1.165) is 0 Å². The molecule has 0 saturated carbocycles. The van der Waals surface area contributed by atoms with Gasteiger partial charge < -0.3 is 10.6 Å². The third-order valence-electron chi connectivity index (χ3n) is 2.44. The van der Waals surface area contributed by atoms with E-state index in [1.54, 1.807) is 48.5 Å². The number of carbonyl (C=O) groups is 2. The van der Waals surface area contributed by atoms with E-state index in [1.807, 2.05) is 0 Å². The van der Waals surface area contributed by atoms with Gasteiger partial charge in [-0.2, -0.15) is 0 Å². The Morgan fingerprint density at radius 2 is 1.30 bits per heavy atom. The molecule has 6 heteroatoms. The van der Waals surface area contributed by atoms with E-state index >= 15 is 0 Å². The first-order valence-corrected chi connectivity index (χ1v) is 6.45. The lowest BCUT2D eigenvalue weighted by molar-refractivity contribution is -0.132. The van der Waals surface area contributed by atoms with Gasteiger partial charge in [0.2, 0.25) is 0 Å². The molecular weight excluding hydrogens is 299 g/mol. The molecule has 2 aromatic carbocycles. The highest BCUT2D eigenvalue weighted by molar-refractivity contribution is 6.46. The number of halogens is 2. The maximum atomic E-state index is 11.8. The Morgan fingerprint density at radius 1 is 0.750 bits per heavy atom. The molecule has 0 heterocycles. The van der Waals surface area contributed by atoms with Crippen molar-refractivity contribution in [2.75, 3.05) is 10.6 Å².